The van der Waals surface area contributed by atoms with Crippen LogP contribution in [0.3, 0.4) is 0 Å². The highest BCUT2D eigenvalue weighted by Crippen LogP contribution is 1.93. The second-order valence-electron chi connectivity index (χ2n) is 2.76. The van der Waals surface area contributed by atoms with E-state index in [1.165, 1.54) is 17.1 Å². The van der Waals surface area contributed by atoms with Gasteiger partial charge < -0.3 is 5.73 Å². The molecule has 0 saturated carbocycles. The van der Waals surface area contributed by atoms with Crippen LogP contribution < -0.4 is 11.2 Å². The summed E-state index contributed by atoms with van der Waals surface area (Å²) in [5.41, 5.74) is 8.75. The van der Waals surface area contributed by atoms with Crippen molar-refractivity contribution in [2.24, 2.45) is 0 Å². The molecule has 0 saturated heterocycles. The number of nitrogens with two attached hydrogens (primary N) is 1. The smallest absolute Gasteiger partial charge is 0.262 e. The van der Waals surface area contributed by atoms with Crippen molar-refractivity contribution in [3.05, 3.63) is 18.0 Å². The van der Waals surface area contributed by atoms with E-state index in [2.05, 4.69) is 15.6 Å². The van der Waals surface area contributed by atoms with Crippen LogP contribution in [0.2, 0.25) is 0 Å². The van der Waals surface area contributed by atoms with Gasteiger partial charge in [-0.2, -0.15) is 0 Å². The predicted molar refractivity (Wildman–Crippen MR) is 48.2 cm³/mol. The maximum Gasteiger partial charge on any atom is 0.262 e. The van der Waals surface area contributed by atoms with Crippen molar-refractivity contribution in [1.82, 2.24) is 14.9 Å². The zero-order chi connectivity index (χ0) is 9.84. The third-order valence-corrected chi connectivity index (χ3v) is 1.22. The molecule has 0 spiro atoms. The first-order valence-electron chi connectivity index (χ1n) is 3.71. The Morgan fingerprint density at radius 2 is 2.38 bits per heavy atom. The molecular weight excluding hydrogens is 170 g/mol. The van der Waals surface area contributed by atoms with Crippen LogP contribution >= 0.6 is 0 Å². The van der Waals surface area contributed by atoms with Crippen LogP contribution in [0.25, 0.3) is 0 Å². The van der Waals surface area contributed by atoms with E-state index >= 15 is 0 Å². The molecule has 6 heteroatoms. The van der Waals surface area contributed by atoms with Crippen molar-refractivity contribution >= 4 is 11.9 Å². The van der Waals surface area contributed by atoms with E-state index in [9.17, 15) is 4.79 Å². The highest BCUT2D eigenvalue weighted by atomic mass is 16.2. The highest BCUT2D eigenvalue weighted by Gasteiger charge is 2.01. The van der Waals surface area contributed by atoms with Crippen LogP contribution in [0.4, 0.5) is 5.95 Å². The Labute approximate surface area is 75.4 Å². The number of amides is 1. The minimum Gasteiger partial charge on any atom is -0.366 e. The van der Waals surface area contributed by atoms with Gasteiger partial charge in [0.25, 0.3) is 5.91 Å². The molecule has 70 valence electrons. The minimum absolute atomic E-state index is 0.149. The van der Waals surface area contributed by atoms with Crippen LogP contribution in [0, 0.1) is 0 Å². The Morgan fingerprint density at radius 1 is 1.69 bits per heavy atom. The SMILES string of the molecule is CC(C)=CC(=O)Nn1cnnc1N. The van der Waals surface area contributed by atoms with Crippen LogP contribution in [0.15, 0.2) is 18.0 Å². The Hall–Kier alpha value is -1.85. The lowest BCUT2D eigenvalue weighted by Crippen LogP contribution is -2.21. The van der Waals surface area contributed by atoms with Gasteiger partial charge in [-0.3, -0.25) is 10.2 Å². The monoisotopic (exact) mass is 181 g/mol. The number of hydrogen-bond donors (Lipinski definition) is 2. The van der Waals surface area contributed by atoms with Gasteiger partial charge >= 0.3 is 0 Å². The standard InChI is InChI=1S/C7H11N5O/c1-5(2)3-6(13)11-12-4-9-10-7(12)8/h3-4H,1-2H3,(H2,8,10)(H,11,13). The number of carbonyl (C=O) groups excluding carboxylic acids is 1. The predicted octanol–water partition coefficient (Wildman–Crippen LogP) is -0.103. The molecule has 0 bridgehead atoms. The van der Waals surface area contributed by atoms with Crippen molar-refractivity contribution in [3.63, 3.8) is 0 Å². The lowest BCUT2D eigenvalue weighted by Gasteiger charge is -2.02. The normalized spacial score (nSPS) is 9.38. The first-order valence-corrected chi connectivity index (χ1v) is 3.71. The second kappa shape index (κ2) is 3.70. The van der Waals surface area contributed by atoms with E-state index in [-0.39, 0.29) is 11.9 Å². The molecule has 0 radical (unpaired) electrons. The van der Waals surface area contributed by atoms with E-state index in [1.807, 2.05) is 13.8 Å². The number of carbonyl (C=O) groups is 1. The van der Waals surface area contributed by atoms with Crippen LogP contribution in [-0.4, -0.2) is 20.8 Å². The summed E-state index contributed by atoms with van der Waals surface area (Å²) < 4.78 is 1.25. The molecule has 0 unspecified atom stereocenters. The van der Waals surface area contributed by atoms with Gasteiger partial charge in [0, 0.05) is 6.08 Å². The number of nitrogens with one attached hydrogen (secondary N) is 1. The molecule has 0 aromatic carbocycles. The first-order chi connectivity index (χ1) is 6.09. The number of aromatic nitrogens is 3. The molecule has 0 aliphatic rings. The first kappa shape index (κ1) is 9.24. The van der Waals surface area contributed by atoms with Gasteiger partial charge in [-0.1, -0.05) is 5.57 Å². The molecule has 1 rings (SSSR count). The number of nitrogen functional groups attached to an aromatic ring is 1. The lowest BCUT2D eigenvalue weighted by molar-refractivity contribution is -0.112. The van der Waals surface area contributed by atoms with Crippen LogP contribution in [0.1, 0.15) is 13.8 Å². The Kier molecular flexibility index (Phi) is 2.63. The average Bonchev–Trinajstić information content (AvgIpc) is 2.34. The summed E-state index contributed by atoms with van der Waals surface area (Å²) in [6.45, 7) is 3.66. The minimum atomic E-state index is -0.258. The quantitative estimate of drug-likeness (QED) is 0.623. The maximum absolute atomic E-state index is 11.2. The van der Waals surface area contributed by atoms with Gasteiger partial charge in [0.05, 0.1) is 0 Å². The lowest BCUT2D eigenvalue weighted by atomic mass is 10.3. The van der Waals surface area contributed by atoms with Crippen LogP contribution in [0.5, 0.6) is 0 Å². The van der Waals surface area contributed by atoms with E-state index in [0.29, 0.717) is 0 Å². The molecule has 0 fully saturated rings. The number of nitrogens with zero attached hydrogens (tertiary/aromatic N) is 3. The van der Waals surface area contributed by atoms with E-state index in [4.69, 9.17) is 5.73 Å². The zero-order valence-electron chi connectivity index (χ0n) is 7.48. The van der Waals surface area contributed by atoms with Gasteiger partial charge in [-0.15, -0.1) is 10.2 Å². The number of anilines is 1. The molecule has 1 aromatic rings. The fourth-order valence-corrected chi connectivity index (χ4v) is 0.743. The van der Waals surface area contributed by atoms with Gasteiger partial charge in [0.1, 0.15) is 6.33 Å². The van der Waals surface area contributed by atoms with E-state index in [1.54, 1.807) is 0 Å². The Morgan fingerprint density at radius 3 is 2.85 bits per heavy atom. The molecule has 1 aromatic heterocycles. The molecule has 0 aliphatic carbocycles. The molecule has 1 heterocycles. The summed E-state index contributed by atoms with van der Waals surface area (Å²) in [6.07, 6.45) is 2.78. The fraction of sp³-hybridized carbons (Fsp3) is 0.286. The average molecular weight is 181 g/mol. The molecule has 6 nitrogen and oxygen atoms in total. The molecule has 0 aliphatic heterocycles. The summed E-state index contributed by atoms with van der Waals surface area (Å²) in [7, 11) is 0. The zero-order valence-corrected chi connectivity index (χ0v) is 7.48. The summed E-state index contributed by atoms with van der Waals surface area (Å²) in [5.74, 6) is -0.109. The van der Waals surface area contributed by atoms with Crippen molar-refractivity contribution in [1.29, 1.82) is 0 Å². The highest BCUT2D eigenvalue weighted by molar-refractivity contribution is 5.94. The maximum atomic E-state index is 11.2. The van der Waals surface area contributed by atoms with Gasteiger partial charge in [-0.05, 0) is 13.8 Å². The van der Waals surface area contributed by atoms with Gasteiger partial charge in [0.2, 0.25) is 5.95 Å². The van der Waals surface area contributed by atoms with Crippen molar-refractivity contribution < 1.29 is 4.79 Å². The summed E-state index contributed by atoms with van der Waals surface area (Å²) in [5, 5.41) is 7.01. The topological polar surface area (TPSA) is 85.8 Å². The second-order valence-corrected chi connectivity index (χ2v) is 2.76. The number of hydrogen-bond acceptors (Lipinski definition) is 4. The van der Waals surface area contributed by atoms with E-state index < -0.39 is 0 Å². The molecule has 13 heavy (non-hydrogen) atoms. The summed E-state index contributed by atoms with van der Waals surface area (Å²) in [4.78, 5) is 11.2. The van der Waals surface area contributed by atoms with Crippen molar-refractivity contribution in [2.45, 2.75) is 13.8 Å². The van der Waals surface area contributed by atoms with Crippen LogP contribution in [-0.2, 0) is 4.79 Å². The Bertz CT molecular complexity index is 336. The number of allylic oxidation sites excluding steroid dienone is 1. The molecule has 0 atom stereocenters. The van der Waals surface area contributed by atoms with Gasteiger partial charge in [-0.25, -0.2) is 4.68 Å². The van der Waals surface area contributed by atoms with E-state index in [0.717, 1.165) is 5.57 Å². The van der Waals surface area contributed by atoms with Gasteiger partial charge in [0.15, 0.2) is 0 Å². The largest absolute Gasteiger partial charge is 0.366 e. The summed E-state index contributed by atoms with van der Waals surface area (Å²) in [6, 6.07) is 0. The summed E-state index contributed by atoms with van der Waals surface area (Å²) >= 11 is 0. The molecule has 3 N–H and O–H groups in total. The van der Waals surface area contributed by atoms with Crippen molar-refractivity contribution in [3.8, 4) is 0 Å². The third-order valence-electron chi connectivity index (χ3n) is 1.22. The fourth-order valence-electron chi connectivity index (χ4n) is 0.743. The van der Waals surface area contributed by atoms with Crippen molar-refractivity contribution in [2.75, 3.05) is 11.2 Å². The number of rotatable bonds is 2. The third kappa shape index (κ3) is 2.58. The molecular formula is C7H11N5O. The Balaban J connectivity index is 2.66. The molecule has 1 amide bonds.